The third kappa shape index (κ3) is 1.91. The number of nitriles is 1. The highest BCUT2D eigenvalue weighted by atomic mass is 19.1. The van der Waals surface area contributed by atoms with Gasteiger partial charge in [-0.2, -0.15) is 5.26 Å². The highest BCUT2D eigenvalue weighted by Crippen LogP contribution is 2.24. The van der Waals surface area contributed by atoms with Crippen LogP contribution in [0, 0.1) is 17.1 Å². The molecule has 0 bridgehead atoms. The van der Waals surface area contributed by atoms with Crippen molar-refractivity contribution in [2.24, 2.45) is 0 Å². The number of hydrogen-bond acceptors (Lipinski definition) is 2. The van der Waals surface area contributed by atoms with E-state index in [4.69, 9.17) is 5.26 Å². The molecule has 16 heavy (non-hydrogen) atoms. The molecular formula is C13H9FN2. The van der Waals surface area contributed by atoms with Crippen LogP contribution >= 0.6 is 0 Å². The fraction of sp³-hybridized carbons (Fsp3) is 0.0769. The molecule has 2 rings (SSSR count). The van der Waals surface area contributed by atoms with Crippen LogP contribution in [0.1, 0.15) is 5.56 Å². The Bertz CT molecular complexity index is 529. The lowest BCUT2D eigenvalue weighted by Gasteiger charge is -2.06. The lowest BCUT2D eigenvalue weighted by molar-refractivity contribution is 0.609. The van der Waals surface area contributed by atoms with Gasteiger partial charge in [-0.25, -0.2) is 4.39 Å². The van der Waals surface area contributed by atoms with E-state index in [0.29, 0.717) is 11.1 Å². The Hall–Kier alpha value is -2.21. The quantitative estimate of drug-likeness (QED) is 0.767. The molecule has 78 valence electrons. The van der Waals surface area contributed by atoms with Crippen molar-refractivity contribution in [3.05, 3.63) is 54.1 Å². The molecule has 0 fully saturated rings. The van der Waals surface area contributed by atoms with Crippen LogP contribution in [0.4, 0.5) is 4.39 Å². The van der Waals surface area contributed by atoms with E-state index in [1.54, 1.807) is 6.20 Å². The smallest absolute Gasteiger partial charge is 0.146 e. The molecule has 0 saturated heterocycles. The molecular weight excluding hydrogens is 203 g/mol. The first-order valence-electron chi connectivity index (χ1n) is 4.87. The lowest BCUT2D eigenvalue weighted by Crippen LogP contribution is -1.95. The summed E-state index contributed by atoms with van der Waals surface area (Å²) in [5, 5.41) is 8.68. The lowest BCUT2D eigenvalue weighted by atomic mass is 10.0. The average Bonchev–Trinajstić information content (AvgIpc) is 2.33. The van der Waals surface area contributed by atoms with Crippen molar-refractivity contribution in [3.8, 4) is 17.2 Å². The van der Waals surface area contributed by atoms with Crippen molar-refractivity contribution in [1.29, 1.82) is 5.26 Å². The molecule has 0 saturated carbocycles. The van der Waals surface area contributed by atoms with Gasteiger partial charge in [-0.15, -0.1) is 0 Å². The number of pyridine rings is 1. The Balaban J connectivity index is 2.57. The van der Waals surface area contributed by atoms with Crippen LogP contribution in [0.5, 0.6) is 0 Å². The van der Waals surface area contributed by atoms with Crippen LogP contribution in [0.3, 0.4) is 0 Å². The number of rotatable bonds is 2. The summed E-state index contributed by atoms with van der Waals surface area (Å²) in [5.74, 6) is -0.428. The maximum absolute atomic E-state index is 13.5. The van der Waals surface area contributed by atoms with E-state index < -0.39 is 5.82 Å². The van der Waals surface area contributed by atoms with Crippen LogP contribution in [-0.2, 0) is 6.42 Å². The Morgan fingerprint density at radius 3 is 2.62 bits per heavy atom. The molecule has 0 aliphatic heterocycles. The number of hydrogen-bond donors (Lipinski definition) is 0. The van der Waals surface area contributed by atoms with Gasteiger partial charge in [0.05, 0.1) is 18.7 Å². The summed E-state index contributed by atoms with van der Waals surface area (Å²) in [7, 11) is 0. The minimum absolute atomic E-state index is 0.0541. The second kappa shape index (κ2) is 4.54. The monoisotopic (exact) mass is 212 g/mol. The van der Waals surface area contributed by atoms with Crippen molar-refractivity contribution in [2.45, 2.75) is 6.42 Å². The molecule has 0 aliphatic carbocycles. The van der Waals surface area contributed by atoms with Crippen LogP contribution in [0.25, 0.3) is 11.1 Å². The van der Waals surface area contributed by atoms with Gasteiger partial charge in [0.1, 0.15) is 5.82 Å². The second-order valence-electron chi connectivity index (χ2n) is 3.35. The summed E-state index contributed by atoms with van der Waals surface area (Å²) in [6.45, 7) is 0. The molecule has 1 aromatic carbocycles. The van der Waals surface area contributed by atoms with Gasteiger partial charge in [-0.1, -0.05) is 30.3 Å². The number of nitrogens with zero attached hydrogens (tertiary/aromatic N) is 2. The minimum atomic E-state index is -0.428. The number of aromatic nitrogens is 1. The largest absolute Gasteiger partial charge is 0.261 e. The maximum Gasteiger partial charge on any atom is 0.146 e. The SMILES string of the molecule is N#CCc1c(F)cncc1-c1ccccc1. The van der Waals surface area contributed by atoms with Gasteiger partial charge in [0.15, 0.2) is 0 Å². The summed E-state index contributed by atoms with van der Waals surface area (Å²) in [4.78, 5) is 3.82. The Labute approximate surface area is 93.0 Å². The summed E-state index contributed by atoms with van der Waals surface area (Å²) >= 11 is 0. The molecule has 0 spiro atoms. The van der Waals surface area contributed by atoms with E-state index >= 15 is 0 Å². The molecule has 0 radical (unpaired) electrons. The number of benzene rings is 1. The van der Waals surface area contributed by atoms with Crippen molar-refractivity contribution >= 4 is 0 Å². The maximum atomic E-state index is 13.5. The topological polar surface area (TPSA) is 36.7 Å². The molecule has 0 aliphatic rings. The summed E-state index contributed by atoms with van der Waals surface area (Å²) in [6.07, 6.45) is 2.78. The Morgan fingerprint density at radius 1 is 1.19 bits per heavy atom. The fourth-order valence-electron chi connectivity index (χ4n) is 1.59. The average molecular weight is 212 g/mol. The zero-order valence-corrected chi connectivity index (χ0v) is 8.52. The molecule has 3 heteroatoms. The van der Waals surface area contributed by atoms with E-state index in [1.807, 2.05) is 36.4 Å². The van der Waals surface area contributed by atoms with Gasteiger partial charge in [0.2, 0.25) is 0 Å². The first-order valence-corrected chi connectivity index (χ1v) is 4.87. The molecule has 0 amide bonds. The molecule has 0 unspecified atom stereocenters. The molecule has 2 nitrogen and oxygen atoms in total. The van der Waals surface area contributed by atoms with E-state index in [2.05, 4.69) is 4.98 Å². The minimum Gasteiger partial charge on any atom is -0.261 e. The van der Waals surface area contributed by atoms with E-state index in [1.165, 1.54) is 0 Å². The van der Waals surface area contributed by atoms with Crippen LogP contribution < -0.4 is 0 Å². The van der Waals surface area contributed by atoms with Crippen LogP contribution in [0.2, 0.25) is 0 Å². The van der Waals surface area contributed by atoms with Crippen LogP contribution in [0.15, 0.2) is 42.7 Å². The highest BCUT2D eigenvalue weighted by Gasteiger charge is 2.09. The number of halogens is 1. The van der Waals surface area contributed by atoms with E-state index in [0.717, 1.165) is 11.8 Å². The van der Waals surface area contributed by atoms with Gasteiger partial charge in [0.25, 0.3) is 0 Å². The van der Waals surface area contributed by atoms with Crippen molar-refractivity contribution in [3.63, 3.8) is 0 Å². The molecule has 1 aromatic heterocycles. The van der Waals surface area contributed by atoms with Crippen molar-refractivity contribution in [1.82, 2.24) is 4.98 Å². The van der Waals surface area contributed by atoms with Gasteiger partial charge >= 0.3 is 0 Å². The Kier molecular flexibility index (Phi) is 2.93. The summed E-state index contributed by atoms with van der Waals surface area (Å²) < 4.78 is 13.5. The summed E-state index contributed by atoms with van der Waals surface area (Å²) in [6, 6.07) is 11.3. The molecule has 2 aromatic rings. The predicted molar refractivity (Wildman–Crippen MR) is 58.9 cm³/mol. The molecule has 0 N–H and O–H groups in total. The standard InChI is InChI=1S/C13H9FN2/c14-13-9-16-8-12(11(13)6-7-15)10-4-2-1-3-5-10/h1-5,8-9H,6H2. The third-order valence-electron chi connectivity index (χ3n) is 2.35. The Morgan fingerprint density at radius 2 is 1.94 bits per heavy atom. The van der Waals surface area contributed by atoms with E-state index in [9.17, 15) is 4.39 Å². The fourth-order valence-corrected chi connectivity index (χ4v) is 1.59. The first-order chi connectivity index (χ1) is 7.83. The van der Waals surface area contributed by atoms with E-state index in [-0.39, 0.29) is 6.42 Å². The van der Waals surface area contributed by atoms with Crippen molar-refractivity contribution in [2.75, 3.05) is 0 Å². The summed E-state index contributed by atoms with van der Waals surface area (Å²) in [5.41, 5.74) is 1.96. The third-order valence-corrected chi connectivity index (χ3v) is 2.35. The van der Waals surface area contributed by atoms with Gasteiger partial charge in [-0.05, 0) is 5.56 Å². The van der Waals surface area contributed by atoms with Gasteiger partial charge in [-0.3, -0.25) is 4.98 Å². The normalized spacial score (nSPS) is 9.75. The molecule has 0 atom stereocenters. The predicted octanol–water partition coefficient (Wildman–Crippen LogP) is 2.95. The highest BCUT2D eigenvalue weighted by molar-refractivity contribution is 5.66. The molecule has 1 heterocycles. The zero-order valence-electron chi connectivity index (χ0n) is 8.52. The van der Waals surface area contributed by atoms with Gasteiger partial charge < -0.3 is 0 Å². The second-order valence-corrected chi connectivity index (χ2v) is 3.35. The zero-order chi connectivity index (χ0) is 11.4. The van der Waals surface area contributed by atoms with Gasteiger partial charge in [0, 0.05) is 17.3 Å². The van der Waals surface area contributed by atoms with Crippen molar-refractivity contribution < 1.29 is 4.39 Å². The van der Waals surface area contributed by atoms with Crippen LogP contribution in [-0.4, -0.2) is 4.98 Å². The first kappa shape index (κ1) is 10.3.